The van der Waals surface area contributed by atoms with E-state index in [0.717, 1.165) is 5.69 Å². The monoisotopic (exact) mass is 213 g/mol. The highest BCUT2D eigenvalue weighted by Gasteiger charge is 2.02. The van der Waals surface area contributed by atoms with Crippen molar-refractivity contribution in [3.63, 3.8) is 0 Å². The molecule has 0 saturated carbocycles. The van der Waals surface area contributed by atoms with Crippen LogP contribution in [-0.4, -0.2) is 9.99 Å². The van der Waals surface area contributed by atoms with E-state index in [1.54, 1.807) is 18.3 Å². The maximum atomic E-state index is 5.67. The fourth-order valence-electron chi connectivity index (χ4n) is 0.862. The second-order valence-electron chi connectivity index (χ2n) is 2.69. The quantitative estimate of drug-likeness (QED) is 0.490. The van der Waals surface area contributed by atoms with Gasteiger partial charge in [-0.15, -0.1) is 0 Å². The Morgan fingerprint density at radius 1 is 1.57 bits per heavy atom. The molecule has 0 atom stereocenters. The molecule has 6 N–H and O–H groups in total. The van der Waals surface area contributed by atoms with Crippen LogP contribution < -0.4 is 17.3 Å². The molecule has 0 aliphatic rings. The molecule has 0 radical (unpaired) electrons. The summed E-state index contributed by atoms with van der Waals surface area (Å²) in [7, 11) is 0. The lowest BCUT2D eigenvalue weighted by Gasteiger charge is -2.17. The molecular formula is C8H12ClN5. The fraction of sp³-hybridized carbons (Fsp3) is 0.125. The first-order valence-electron chi connectivity index (χ1n) is 3.93. The van der Waals surface area contributed by atoms with Crippen molar-refractivity contribution in [3.05, 3.63) is 41.1 Å². The van der Waals surface area contributed by atoms with Gasteiger partial charge in [0.1, 0.15) is 5.82 Å². The smallest absolute Gasteiger partial charge is 0.129 e. The Labute approximate surface area is 87.1 Å². The van der Waals surface area contributed by atoms with Gasteiger partial charge in [0.25, 0.3) is 0 Å². The Morgan fingerprint density at radius 2 is 2.29 bits per heavy atom. The van der Waals surface area contributed by atoms with Crippen LogP contribution in [0.1, 0.15) is 5.69 Å². The molecule has 0 aliphatic carbocycles. The molecule has 0 aliphatic heterocycles. The van der Waals surface area contributed by atoms with Gasteiger partial charge in [0.05, 0.1) is 17.3 Å². The highest BCUT2D eigenvalue weighted by molar-refractivity contribution is 6.30. The van der Waals surface area contributed by atoms with Crippen LogP contribution in [0.5, 0.6) is 0 Å². The van der Waals surface area contributed by atoms with Crippen molar-refractivity contribution in [1.29, 1.82) is 0 Å². The van der Waals surface area contributed by atoms with E-state index >= 15 is 0 Å². The third-order valence-electron chi connectivity index (χ3n) is 1.62. The van der Waals surface area contributed by atoms with Gasteiger partial charge in [-0.05, 0) is 12.1 Å². The van der Waals surface area contributed by atoms with Gasteiger partial charge in [0.15, 0.2) is 0 Å². The third-order valence-corrected chi connectivity index (χ3v) is 1.85. The number of nitrogens with zero attached hydrogens (tertiary/aromatic N) is 2. The van der Waals surface area contributed by atoms with Gasteiger partial charge < -0.3 is 11.5 Å². The first kappa shape index (κ1) is 10.6. The van der Waals surface area contributed by atoms with Crippen molar-refractivity contribution in [2.45, 2.75) is 6.54 Å². The van der Waals surface area contributed by atoms with E-state index in [-0.39, 0.29) is 0 Å². The number of rotatable bonds is 3. The molecule has 76 valence electrons. The van der Waals surface area contributed by atoms with Crippen LogP contribution in [0.25, 0.3) is 0 Å². The van der Waals surface area contributed by atoms with Crippen molar-refractivity contribution in [2.24, 2.45) is 17.3 Å². The Hall–Kier alpha value is -1.46. The summed E-state index contributed by atoms with van der Waals surface area (Å²) in [4.78, 5) is 4.06. The second-order valence-corrected chi connectivity index (χ2v) is 3.12. The number of pyridine rings is 1. The number of aromatic nitrogens is 1. The van der Waals surface area contributed by atoms with Crippen LogP contribution >= 0.6 is 11.6 Å². The van der Waals surface area contributed by atoms with E-state index in [0.29, 0.717) is 17.4 Å². The van der Waals surface area contributed by atoms with E-state index in [1.165, 1.54) is 11.2 Å². The van der Waals surface area contributed by atoms with Crippen LogP contribution in [-0.2, 0) is 6.54 Å². The summed E-state index contributed by atoms with van der Waals surface area (Å²) in [6.45, 7) is 0.386. The van der Waals surface area contributed by atoms with Crippen LogP contribution in [0, 0.1) is 0 Å². The van der Waals surface area contributed by atoms with E-state index in [1.807, 2.05) is 0 Å². The molecule has 1 aromatic heterocycles. The summed E-state index contributed by atoms with van der Waals surface area (Å²) in [5.41, 5.74) is 11.4. The lowest BCUT2D eigenvalue weighted by Crippen LogP contribution is -2.34. The molecule has 1 heterocycles. The molecule has 1 aromatic rings. The molecular weight excluding hydrogens is 202 g/mol. The van der Waals surface area contributed by atoms with Crippen LogP contribution in [0.3, 0.4) is 0 Å². The molecule has 14 heavy (non-hydrogen) atoms. The molecule has 0 fully saturated rings. The highest BCUT2D eigenvalue weighted by atomic mass is 35.5. The Kier molecular flexibility index (Phi) is 3.55. The van der Waals surface area contributed by atoms with Crippen molar-refractivity contribution >= 4 is 11.6 Å². The zero-order valence-electron chi connectivity index (χ0n) is 7.52. The molecule has 0 aromatic carbocycles. The molecule has 0 unspecified atom stereocenters. The summed E-state index contributed by atoms with van der Waals surface area (Å²) in [6.07, 6.45) is 2.78. The lowest BCUT2D eigenvalue weighted by molar-refractivity contribution is 0.342. The Morgan fingerprint density at radius 3 is 2.79 bits per heavy atom. The zero-order valence-corrected chi connectivity index (χ0v) is 8.28. The van der Waals surface area contributed by atoms with Gasteiger partial charge in [-0.2, -0.15) is 0 Å². The van der Waals surface area contributed by atoms with Crippen molar-refractivity contribution in [3.8, 4) is 0 Å². The van der Waals surface area contributed by atoms with E-state index in [4.69, 9.17) is 28.9 Å². The molecule has 0 saturated heterocycles. The van der Waals surface area contributed by atoms with Gasteiger partial charge in [-0.1, -0.05) is 11.6 Å². The predicted octanol–water partition coefficient (Wildman–Crippen LogP) is 0.127. The van der Waals surface area contributed by atoms with Crippen molar-refractivity contribution in [2.75, 3.05) is 0 Å². The van der Waals surface area contributed by atoms with E-state index in [2.05, 4.69) is 4.98 Å². The number of hydrogen-bond acceptors (Lipinski definition) is 5. The predicted molar refractivity (Wildman–Crippen MR) is 55.4 cm³/mol. The van der Waals surface area contributed by atoms with E-state index in [9.17, 15) is 0 Å². The number of halogens is 1. The van der Waals surface area contributed by atoms with Gasteiger partial charge in [0, 0.05) is 12.4 Å². The first-order valence-corrected chi connectivity index (χ1v) is 4.31. The number of hydrogen-bond donors (Lipinski definition) is 3. The topological polar surface area (TPSA) is 94.2 Å². The van der Waals surface area contributed by atoms with Gasteiger partial charge >= 0.3 is 0 Å². The maximum absolute atomic E-state index is 5.67. The lowest BCUT2D eigenvalue weighted by atomic mass is 10.3. The third kappa shape index (κ3) is 2.79. The number of hydrazine groups is 1. The van der Waals surface area contributed by atoms with Crippen molar-refractivity contribution in [1.82, 2.24) is 9.99 Å². The second kappa shape index (κ2) is 4.69. The summed E-state index contributed by atoms with van der Waals surface area (Å²) in [6, 6.07) is 3.51. The minimum absolute atomic E-state index is 0.293. The SMILES string of the molecule is N/C=C(/N)N(N)Cc1ccc(Cl)cn1. The average Bonchev–Trinajstić information content (AvgIpc) is 2.20. The molecule has 0 amide bonds. The fourth-order valence-corrected chi connectivity index (χ4v) is 0.973. The largest absolute Gasteiger partial charge is 0.402 e. The average molecular weight is 214 g/mol. The summed E-state index contributed by atoms with van der Waals surface area (Å²) in [5, 5.41) is 1.88. The molecule has 1 rings (SSSR count). The minimum Gasteiger partial charge on any atom is -0.402 e. The first-order chi connectivity index (χ1) is 6.63. The minimum atomic E-state index is 0.293. The molecule has 0 bridgehead atoms. The summed E-state index contributed by atoms with van der Waals surface area (Å²) >= 11 is 5.67. The standard InChI is InChI=1S/C8H12ClN5/c9-6-1-2-7(13-4-6)5-14(12)8(11)3-10/h1-4H,5,10-12H2/b8-3-. The van der Waals surface area contributed by atoms with Gasteiger partial charge in [-0.25, -0.2) is 5.84 Å². The van der Waals surface area contributed by atoms with Crippen LogP contribution in [0.4, 0.5) is 0 Å². The maximum Gasteiger partial charge on any atom is 0.129 e. The van der Waals surface area contributed by atoms with E-state index < -0.39 is 0 Å². The van der Waals surface area contributed by atoms with Crippen molar-refractivity contribution < 1.29 is 0 Å². The summed E-state index contributed by atoms with van der Waals surface area (Å²) in [5.74, 6) is 5.88. The molecule has 6 heteroatoms. The van der Waals surface area contributed by atoms with Gasteiger partial charge in [-0.3, -0.25) is 9.99 Å². The molecule has 0 spiro atoms. The zero-order chi connectivity index (χ0) is 10.6. The Bertz CT molecular complexity index is 321. The van der Waals surface area contributed by atoms with Crippen LogP contribution in [0.15, 0.2) is 30.4 Å². The Balaban J connectivity index is 2.65. The van der Waals surface area contributed by atoms with Crippen LogP contribution in [0.2, 0.25) is 5.02 Å². The normalized spacial score (nSPS) is 11.4. The highest BCUT2D eigenvalue weighted by Crippen LogP contribution is 2.07. The number of nitrogens with two attached hydrogens (primary N) is 3. The van der Waals surface area contributed by atoms with Gasteiger partial charge in [0.2, 0.25) is 0 Å². The molecule has 5 nitrogen and oxygen atoms in total. The summed E-state index contributed by atoms with van der Waals surface area (Å²) < 4.78 is 0.